The minimum atomic E-state index is 0.909. The molecule has 0 N–H and O–H groups in total. The van der Waals surface area contributed by atoms with E-state index in [0.717, 1.165) is 5.75 Å². The second kappa shape index (κ2) is 5.31. The Bertz CT molecular complexity index is 593. The molecule has 0 fully saturated rings. The minimum Gasteiger partial charge on any atom is -0.497 e. The maximum atomic E-state index is 5.19. The Balaban J connectivity index is 1.95. The lowest BCUT2D eigenvalue weighted by molar-refractivity contribution is 0.415. The summed E-state index contributed by atoms with van der Waals surface area (Å²) in [5.41, 5.74) is 5.59. The van der Waals surface area contributed by atoms with Crippen LogP contribution in [0.3, 0.4) is 0 Å². The summed E-state index contributed by atoms with van der Waals surface area (Å²) in [6.45, 7) is 0. The molecule has 0 saturated heterocycles. The van der Waals surface area contributed by atoms with Gasteiger partial charge in [0.15, 0.2) is 0 Å². The summed E-state index contributed by atoms with van der Waals surface area (Å²) in [6.07, 6.45) is 5.93. The van der Waals surface area contributed by atoms with Crippen LogP contribution in [0, 0.1) is 0 Å². The van der Waals surface area contributed by atoms with Gasteiger partial charge in [-0.1, -0.05) is 42.5 Å². The number of aryl methyl sites for hydroxylation is 1. The van der Waals surface area contributed by atoms with Gasteiger partial charge in [-0.2, -0.15) is 0 Å². The Kier molecular flexibility index (Phi) is 3.37. The van der Waals surface area contributed by atoms with E-state index in [0.29, 0.717) is 0 Å². The van der Waals surface area contributed by atoms with Crippen LogP contribution in [0.15, 0.2) is 48.5 Å². The van der Waals surface area contributed by atoms with Crippen LogP contribution in [-0.2, 0) is 6.42 Å². The molecular formula is C18H18O. The van der Waals surface area contributed by atoms with Crippen LogP contribution in [-0.4, -0.2) is 7.11 Å². The number of rotatable bonds is 2. The van der Waals surface area contributed by atoms with Crippen molar-refractivity contribution in [1.29, 1.82) is 0 Å². The molecule has 19 heavy (non-hydrogen) atoms. The second-order valence-electron chi connectivity index (χ2n) is 4.95. The van der Waals surface area contributed by atoms with Gasteiger partial charge in [0.1, 0.15) is 5.75 Å². The third-order valence-electron chi connectivity index (χ3n) is 3.71. The smallest absolute Gasteiger partial charge is 0.118 e. The molecule has 0 bridgehead atoms. The highest BCUT2D eigenvalue weighted by atomic mass is 16.5. The Morgan fingerprint density at radius 2 is 1.74 bits per heavy atom. The van der Waals surface area contributed by atoms with E-state index < -0.39 is 0 Å². The molecule has 0 unspecified atom stereocenters. The van der Waals surface area contributed by atoms with E-state index in [2.05, 4.69) is 42.5 Å². The van der Waals surface area contributed by atoms with Gasteiger partial charge in [0.25, 0.3) is 0 Å². The number of ether oxygens (including phenoxy) is 1. The molecule has 0 radical (unpaired) electrons. The number of hydrogen-bond acceptors (Lipinski definition) is 1. The molecule has 1 heteroatoms. The Hall–Kier alpha value is -2.02. The highest BCUT2D eigenvalue weighted by molar-refractivity contribution is 5.83. The van der Waals surface area contributed by atoms with Crippen molar-refractivity contribution in [3.8, 4) is 5.75 Å². The first-order chi connectivity index (χ1) is 9.36. The van der Waals surface area contributed by atoms with Gasteiger partial charge in [-0.25, -0.2) is 0 Å². The van der Waals surface area contributed by atoms with Crippen molar-refractivity contribution in [1.82, 2.24) is 0 Å². The summed E-state index contributed by atoms with van der Waals surface area (Å²) >= 11 is 0. The third-order valence-corrected chi connectivity index (χ3v) is 3.71. The summed E-state index contributed by atoms with van der Waals surface area (Å²) in [5, 5.41) is 0. The number of fused-ring (bicyclic) bond motifs is 1. The van der Waals surface area contributed by atoms with Crippen molar-refractivity contribution in [3.05, 3.63) is 65.2 Å². The van der Waals surface area contributed by atoms with Crippen molar-refractivity contribution in [2.24, 2.45) is 0 Å². The molecule has 96 valence electrons. The SMILES string of the molecule is COc1ccc(/C=C2\CCCc3ccccc32)cc1. The van der Waals surface area contributed by atoms with E-state index in [1.807, 2.05) is 12.1 Å². The largest absolute Gasteiger partial charge is 0.497 e. The van der Waals surface area contributed by atoms with Gasteiger partial charge < -0.3 is 4.74 Å². The maximum absolute atomic E-state index is 5.19. The van der Waals surface area contributed by atoms with Crippen LogP contribution >= 0.6 is 0 Å². The van der Waals surface area contributed by atoms with E-state index in [-0.39, 0.29) is 0 Å². The molecule has 1 aliphatic carbocycles. The first-order valence-electron chi connectivity index (χ1n) is 6.80. The fourth-order valence-electron chi connectivity index (χ4n) is 2.71. The van der Waals surface area contributed by atoms with Crippen LogP contribution in [0.5, 0.6) is 5.75 Å². The van der Waals surface area contributed by atoms with Gasteiger partial charge in [-0.05, 0) is 53.7 Å². The zero-order chi connectivity index (χ0) is 13.1. The van der Waals surface area contributed by atoms with Crippen LogP contribution in [0.2, 0.25) is 0 Å². The van der Waals surface area contributed by atoms with Crippen molar-refractivity contribution in [3.63, 3.8) is 0 Å². The lowest BCUT2D eigenvalue weighted by Gasteiger charge is -2.18. The quantitative estimate of drug-likeness (QED) is 0.758. The number of allylic oxidation sites excluding steroid dienone is 1. The van der Waals surface area contributed by atoms with Crippen LogP contribution in [0.1, 0.15) is 29.5 Å². The van der Waals surface area contributed by atoms with E-state index in [9.17, 15) is 0 Å². The predicted molar refractivity (Wildman–Crippen MR) is 80.2 cm³/mol. The summed E-state index contributed by atoms with van der Waals surface area (Å²) in [5.74, 6) is 0.909. The first kappa shape index (κ1) is 12.0. The van der Waals surface area contributed by atoms with Crippen molar-refractivity contribution < 1.29 is 4.74 Å². The molecule has 0 aromatic heterocycles. The minimum absolute atomic E-state index is 0.909. The topological polar surface area (TPSA) is 9.23 Å². The highest BCUT2D eigenvalue weighted by Crippen LogP contribution is 2.32. The average Bonchev–Trinajstić information content (AvgIpc) is 2.48. The Labute approximate surface area is 114 Å². The molecule has 1 aliphatic rings. The highest BCUT2D eigenvalue weighted by Gasteiger charge is 2.12. The molecule has 0 heterocycles. The van der Waals surface area contributed by atoms with Gasteiger partial charge in [0.2, 0.25) is 0 Å². The second-order valence-corrected chi connectivity index (χ2v) is 4.95. The molecule has 0 atom stereocenters. The van der Waals surface area contributed by atoms with Crippen molar-refractivity contribution in [2.45, 2.75) is 19.3 Å². The molecule has 1 nitrogen and oxygen atoms in total. The summed E-state index contributed by atoms with van der Waals surface area (Å²) in [7, 11) is 1.70. The van der Waals surface area contributed by atoms with Crippen molar-refractivity contribution >= 4 is 11.6 Å². The molecular weight excluding hydrogens is 232 g/mol. The van der Waals surface area contributed by atoms with Crippen molar-refractivity contribution in [2.75, 3.05) is 7.11 Å². The zero-order valence-electron chi connectivity index (χ0n) is 11.2. The molecule has 0 amide bonds. The number of hydrogen-bond donors (Lipinski definition) is 0. The number of benzene rings is 2. The number of methoxy groups -OCH3 is 1. The zero-order valence-corrected chi connectivity index (χ0v) is 11.2. The summed E-state index contributed by atoms with van der Waals surface area (Å²) < 4.78 is 5.19. The predicted octanol–water partition coefficient (Wildman–Crippen LogP) is 4.57. The molecule has 2 aromatic rings. The lowest BCUT2D eigenvalue weighted by Crippen LogP contribution is -2.00. The monoisotopic (exact) mass is 250 g/mol. The van der Waals surface area contributed by atoms with E-state index in [4.69, 9.17) is 4.74 Å². The van der Waals surface area contributed by atoms with Crippen LogP contribution in [0.4, 0.5) is 0 Å². The normalized spacial score (nSPS) is 16.2. The maximum Gasteiger partial charge on any atom is 0.118 e. The summed E-state index contributed by atoms with van der Waals surface area (Å²) in [4.78, 5) is 0. The molecule has 3 rings (SSSR count). The average molecular weight is 250 g/mol. The van der Waals surface area contributed by atoms with Gasteiger partial charge >= 0.3 is 0 Å². The molecule has 0 saturated carbocycles. The first-order valence-corrected chi connectivity index (χ1v) is 6.80. The van der Waals surface area contributed by atoms with Gasteiger partial charge in [-0.3, -0.25) is 0 Å². The van der Waals surface area contributed by atoms with E-state index in [1.54, 1.807) is 7.11 Å². The third kappa shape index (κ3) is 2.55. The molecule has 0 spiro atoms. The van der Waals surface area contributed by atoms with Crippen LogP contribution in [0.25, 0.3) is 11.6 Å². The van der Waals surface area contributed by atoms with E-state index >= 15 is 0 Å². The van der Waals surface area contributed by atoms with Gasteiger partial charge in [0.05, 0.1) is 7.11 Å². The van der Waals surface area contributed by atoms with Gasteiger partial charge in [0, 0.05) is 0 Å². The summed E-state index contributed by atoms with van der Waals surface area (Å²) in [6, 6.07) is 17.0. The van der Waals surface area contributed by atoms with E-state index in [1.165, 1.54) is 41.5 Å². The Morgan fingerprint density at radius 3 is 2.53 bits per heavy atom. The Morgan fingerprint density at radius 1 is 0.947 bits per heavy atom. The fourth-order valence-corrected chi connectivity index (χ4v) is 2.71. The molecule has 0 aliphatic heterocycles. The standard InChI is InChI=1S/C18H18O/c1-19-17-11-9-14(10-12-17)13-16-7-4-6-15-5-2-3-8-18(15)16/h2-3,5,8-13H,4,6-7H2,1H3/b16-13+. The van der Waals surface area contributed by atoms with Crippen LogP contribution < -0.4 is 4.74 Å². The van der Waals surface area contributed by atoms with Gasteiger partial charge in [-0.15, -0.1) is 0 Å². The lowest BCUT2D eigenvalue weighted by atomic mass is 9.86. The molecule has 2 aromatic carbocycles. The fraction of sp³-hybridized carbons (Fsp3) is 0.222.